The molecule has 0 saturated heterocycles. The van der Waals surface area contributed by atoms with Gasteiger partial charge < -0.3 is 9.47 Å². The lowest BCUT2D eigenvalue weighted by Crippen LogP contribution is -2.16. The van der Waals surface area contributed by atoms with Gasteiger partial charge in [-0.05, 0) is 30.5 Å². The Morgan fingerprint density at radius 2 is 1.88 bits per heavy atom. The predicted octanol–water partition coefficient (Wildman–Crippen LogP) is 2.34. The van der Waals surface area contributed by atoms with Gasteiger partial charge in [-0.1, -0.05) is 18.2 Å². The molecule has 0 bridgehead atoms. The zero-order valence-corrected chi connectivity index (χ0v) is 10.4. The fourth-order valence-electron chi connectivity index (χ4n) is 1.33. The van der Waals surface area contributed by atoms with Gasteiger partial charge in [0, 0.05) is 20.4 Å². The van der Waals surface area contributed by atoms with Gasteiger partial charge in [0.15, 0.2) is 6.29 Å². The van der Waals surface area contributed by atoms with E-state index in [1.165, 1.54) is 11.1 Å². The van der Waals surface area contributed by atoms with Crippen LogP contribution >= 0.6 is 0 Å². The van der Waals surface area contributed by atoms with Crippen LogP contribution in [0.25, 0.3) is 0 Å². The van der Waals surface area contributed by atoms with Crippen LogP contribution in [0.5, 0.6) is 0 Å². The molecular formula is C13H19NO2. The summed E-state index contributed by atoms with van der Waals surface area (Å²) in [5, 5.41) is 0. The van der Waals surface area contributed by atoms with Gasteiger partial charge in [0.1, 0.15) is 0 Å². The maximum atomic E-state index is 5.04. The average molecular weight is 221 g/mol. The molecule has 0 radical (unpaired) electrons. The molecule has 0 aliphatic rings. The standard InChI is InChI=1S/C13H19NO2/c1-10-5-6-12(7-11(10)2)8-14-9-13(15-3)16-4/h5-8,13H,9H2,1-4H3. The first-order valence-electron chi connectivity index (χ1n) is 5.30. The summed E-state index contributed by atoms with van der Waals surface area (Å²) >= 11 is 0. The molecule has 16 heavy (non-hydrogen) atoms. The average Bonchev–Trinajstić information content (AvgIpc) is 2.29. The second kappa shape index (κ2) is 6.40. The van der Waals surface area contributed by atoms with Gasteiger partial charge in [-0.25, -0.2) is 0 Å². The molecule has 0 atom stereocenters. The van der Waals surface area contributed by atoms with Crippen LogP contribution in [0, 0.1) is 13.8 Å². The highest BCUT2D eigenvalue weighted by Gasteiger charge is 2.01. The lowest BCUT2D eigenvalue weighted by molar-refractivity contribution is -0.0936. The van der Waals surface area contributed by atoms with E-state index >= 15 is 0 Å². The molecule has 0 fully saturated rings. The monoisotopic (exact) mass is 221 g/mol. The van der Waals surface area contributed by atoms with Gasteiger partial charge in [0.05, 0.1) is 6.54 Å². The van der Waals surface area contributed by atoms with Crippen molar-refractivity contribution in [1.82, 2.24) is 0 Å². The molecule has 0 unspecified atom stereocenters. The van der Waals surface area contributed by atoms with Crippen LogP contribution in [0.4, 0.5) is 0 Å². The first-order chi connectivity index (χ1) is 7.67. The molecule has 0 heterocycles. The molecule has 1 aromatic rings. The Morgan fingerprint density at radius 3 is 2.44 bits per heavy atom. The van der Waals surface area contributed by atoms with E-state index in [-0.39, 0.29) is 6.29 Å². The summed E-state index contributed by atoms with van der Waals surface area (Å²) in [5.74, 6) is 0. The molecular weight excluding hydrogens is 202 g/mol. The first kappa shape index (κ1) is 12.9. The van der Waals surface area contributed by atoms with Crippen LogP contribution in [0.1, 0.15) is 16.7 Å². The van der Waals surface area contributed by atoms with E-state index in [0.717, 1.165) is 5.56 Å². The highest BCUT2D eigenvalue weighted by Crippen LogP contribution is 2.08. The molecule has 0 N–H and O–H groups in total. The summed E-state index contributed by atoms with van der Waals surface area (Å²) in [6, 6.07) is 6.27. The Labute approximate surface area is 97.1 Å². The second-order valence-corrected chi connectivity index (χ2v) is 3.74. The number of aliphatic imine (C=N–C) groups is 1. The summed E-state index contributed by atoms with van der Waals surface area (Å²) in [6.45, 7) is 4.71. The minimum atomic E-state index is -0.261. The first-order valence-corrected chi connectivity index (χ1v) is 5.30. The van der Waals surface area contributed by atoms with E-state index in [4.69, 9.17) is 9.47 Å². The molecule has 1 rings (SSSR count). The Balaban J connectivity index is 2.59. The highest BCUT2D eigenvalue weighted by atomic mass is 16.7. The number of aryl methyl sites for hydroxylation is 2. The van der Waals surface area contributed by atoms with Gasteiger partial charge >= 0.3 is 0 Å². The van der Waals surface area contributed by atoms with Crippen molar-refractivity contribution in [3.8, 4) is 0 Å². The van der Waals surface area contributed by atoms with Crippen molar-refractivity contribution in [2.24, 2.45) is 4.99 Å². The van der Waals surface area contributed by atoms with Gasteiger partial charge in [-0.15, -0.1) is 0 Å². The molecule has 88 valence electrons. The maximum absolute atomic E-state index is 5.04. The number of ether oxygens (including phenoxy) is 2. The van der Waals surface area contributed by atoms with Crippen molar-refractivity contribution in [3.05, 3.63) is 34.9 Å². The normalized spacial score (nSPS) is 11.6. The lowest BCUT2D eigenvalue weighted by Gasteiger charge is -2.09. The summed E-state index contributed by atoms with van der Waals surface area (Å²) in [5.41, 5.74) is 3.68. The number of methoxy groups -OCH3 is 2. The zero-order chi connectivity index (χ0) is 12.0. The third-order valence-corrected chi connectivity index (χ3v) is 2.55. The van der Waals surface area contributed by atoms with Gasteiger partial charge in [0.25, 0.3) is 0 Å². The van der Waals surface area contributed by atoms with E-state index in [9.17, 15) is 0 Å². The van der Waals surface area contributed by atoms with E-state index in [1.54, 1.807) is 14.2 Å². The van der Waals surface area contributed by atoms with Crippen molar-refractivity contribution in [2.45, 2.75) is 20.1 Å². The zero-order valence-electron chi connectivity index (χ0n) is 10.4. The van der Waals surface area contributed by atoms with E-state index in [1.807, 2.05) is 6.21 Å². The molecule has 0 saturated carbocycles. The number of hydrogen-bond acceptors (Lipinski definition) is 3. The molecule has 3 nitrogen and oxygen atoms in total. The predicted molar refractivity (Wildman–Crippen MR) is 66.2 cm³/mol. The summed E-state index contributed by atoms with van der Waals surface area (Å²) in [4.78, 5) is 4.28. The SMILES string of the molecule is COC(CN=Cc1ccc(C)c(C)c1)OC. The molecule has 1 aromatic carbocycles. The maximum Gasteiger partial charge on any atom is 0.176 e. The third kappa shape index (κ3) is 3.76. The van der Waals surface area contributed by atoms with Crippen LogP contribution in [0.2, 0.25) is 0 Å². The van der Waals surface area contributed by atoms with Crippen LogP contribution in [0.15, 0.2) is 23.2 Å². The largest absolute Gasteiger partial charge is 0.354 e. The molecule has 0 spiro atoms. The fourth-order valence-corrected chi connectivity index (χ4v) is 1.33. The third-order valence-electron chi connectivity index (χ3n) is 2.55. The number of benzene rings is 1. The highest BCUT2D eigenvalue weighted by molar-refractivity contribution is 5.80. The summed E-state index contributed by atoms with van der Waals surface area (Å²) in [6.07, 6.45) is 1.58. The van der Waals surface area contributed by atoms with Gasteiger partial charge in [-0.2, -0.15) is 0 Å². The smallest absolute Gasteiger partial charge is 0.176 e. The Hall–Kier alpha value is -1.19. The van der Waals surface area contributed by atoms with Crippen molar-refractivity contribution in [3.63, 3.8) is 0 Å². The van der Waals surface area contributed by atoms with Crippen LogP contribution in [-0.2, 0) is 9.47 Å². The minimum absolute atomic E-state index is 0.261. The van der Waals surface area contributed by atoms with Gasteiger partial charge in [-0.3, -0.25) is 4.99 Å². The number of nitrogens with zero attached hydrogens (tertiary/aromatic N) is 1. The van der Waals surface area contributed by atoms with Crippen molar-refractivity contribution in [1.29, 1.82) is 0 Å². The quantitative estimate of drug-likeness (QED) is 0.564. The van der Waals surface area contributed by atoms with Crippen molar-refractivity contribution < 1.29 is 9.47 Å². The molecule has 0 aliphatic carbocycles. The number of rotatable bonds is 5. The Kier molecular flexibility index (Phi) is 5.15. The molecule has 0 aliphatic heterocycles. The van der Waals surface area contributed by atoms with E-state index in [2.05, 4.69) is 37.0 Å². The van der Waals surface area contributed by atoms with E-state index in [0.29, 0.717) is 6.54 Å². The van der Waals surface area contributed by atoms with Crippen molar-refractivity contribution >= 4 is 6.21 Å². The number of hydrogen-bond donors (Lipinski definition) is 0. The van der Waals surface area contributed by atoms with Crippen molar-refractivity contribution in [2.75, 3.05) is 20.8 Å². The van der Waals surface area contributed by atoms with Crippen LogP contribution < -0.4 is 0 Å². The van der Waals surface area contributed by atoms with Crippen LogP contribution in [-0.4, -0.2) is 33.3 Å². The molecule has 0 aromatic heterocycles. The Morgan fingerprint density at radius 1 is 1.19 bits per heavy atom. The van der Waals surface area contributed by atoms with E-state index < -0.39 is 0 Å². The minimum Gasteiger partial charge on any atom is -0.354 e. The second-order valence-electron chi connectivity index (χ2n) is 3.74. The molecule has 3 heteroatoms. The summed E-state index contributed by atoms with van der Waals surface area (Å²) < 4.78 is 10.1. The topological polar surface area (TPSA) is 30.8 Å². The van der Waals surface area contributed by atoms with Crippen LogP contribution in [0.3, 0.4) is 0 Å². The Bertz CT molecular complexity index is 357. The fraction of sp³-hybridized carbons (Fsp3) is 0.462. The summed E-state index contributed by atoms with van der Waals surface area (Å²) in [7, 11) is 3.22. The lowest BCUT2D eigenvalue weighted by atomic mass is 10.1. The van der Waals surface area contributed by atoms with Gasteiger partial charge in [0.2, 0.25) is 0 Å². The molecule has 0 amide bonds.